The van der Waals surface area contributed by atoms with Gasteiger partial charge in [-0.3, -0.25) is 0 Å². The molecule has 0 atom stereocenters. The molecule has 0 N–H and O–H groups in total. The third-order valence-corrected chi connectivity index (χ3v) is 2.32. The molecule has 2 aromatic rings. The minimum atomic E-state index is -4.62. The van der Waals surface area contributed by atoms with Gasteiger partial charge < -0.3 is 0 Å². The van der Waals surface area contributed by atoms with Gasteiger partial charge in [0.05, 0.1) is 11.3 Å². The molecular formula is C11H8F4N2. The largest absolute Gasteiger partial charge is 0.418 e. The van der Waals surface area contributed by atoms with Crippen LogP contribution >= 0.6 is 0 Å². The van der Waals surface area contributed by atoms with Crippen molar-refractivity contribution in [1.82, 2.24) is 9.78 Å². The maximum Gasteiger partial charge on any atom is 0.418 e. The lowest BCUT2D eigenvalue weighted by molar-refractivity contribution is -0.137. The van der Waals surface area contributed by atoms with Gasteiger partial charge in [0.15, 0.2) is 0 Å². The van der Waals surface area contributed by atoms with Gasteiger partial charge >= 0.3 is 6.18 Å². The van der Waals surface area contributed by atoms with E-state index in [-0.39, 0.29) is 5.69 Å². The first kappa shape index (κ1) is 11.6. The van der Waals surface area contributed by atoms with Crippen molar-refractivity contribution in [3.8, 4) is 5.69 Å². The topological polar surface area (TPSA) is 17.8 Å². The number of benzene rings is 1. The van der Waals surface area contributed by atoms with E-state index in [4.69, 9.17) is 0 Å². The van der Waals surface area contributed by atoms with E-state index in [9.17, 15) is 17.6 Å². The molecule has 0 fully saturated rings. The van der Waals surface area contributed by atoms with Gasteiger partial charge in [0.2, 0.25) is 0 Å². The Kier molecular flexibility index (Phi) is 2.65. The molecule has 17 heavy (non-hydrogen) atoms. The van der Waals surface area contributed by atoms with E-state index in [1.807, 2.05) is 0 Å². The van der Waals surface area contributed by atoms with Crippen LogP contribution in [0.3, 0.4) is 0 Å². The van der Waals surface area contributed by atoms with Gasteiger partial charge in [-0.2, -0.15) is 18.3 Å². The van der Waals surface area contributed by atoms with Crippen LogP contribution in [-0.2, 0) is 6.18 Å². The molecule has 0 unspecified atom stereocenters. The molecule has 2 rings (SSSR count). The maximum atomic E-state index is 12.9. The fourth-order valence-electron chi connectivity index (χ4n) is 1.54. The third kappa shape index (κ3) is 2.15. The Morgan fingerprint density at radius 2 is 1.88 bits per heavy atom. The number of hydrogen-bond donors (Lipinski definition) is 0. The van der Waals surface area contributed by atoms with Crippen molar-refractivity contribution in [1.29, 1.82) is 0 Å². The summed E-state index contributed by atoms with van der Waals surface area (Å²) < 4.78 is 52.2. The average molecular weight is 244 g/mol. The predicted molar refractivity (Wildman–Crippen MR) is 53.3 cm³/mol. The zero-order chi connectivity index (χ0) is 12.6. The number of aromatic nitrogens is 2. The standard InChI is InChI=1S/C11H8F4N2/c1-7-4-5-16-17(7)10-3-2-8(12)6-9(10)11(13,14)15/h2-6H,1H3. The minimum Gasteiger partial charge on any atom is -0.237 e. The second kappa shape index (κ2) is 3.87. The Bertz CT molecular complexity index is 543. The molecule has 6 heteroatoms. The molecule has 90 valence electrons. The molecule has 0 spiro atoms. The molecule has 2 nitrogen and oxygen atoms in total. The molecule has 0 amide bonds. The molecule has 0 aliphatic heterocycles. The normalized spacial score (nSPS) is 11.8. The van der Waals surface area contributed by atoms with Crippen LogP contribution in [0.15, 0.2) is 30.5 Å². The fraction of sp³-hybridized carbons (Fsp3) is 0.182. The van der Waals surface area contributed by atoms with Gasteiger partial charge in [-0.1, -0.05) is 0 Å². The van der Waals surface area contributed by atoms with Crippen LogP contribution in [-0.4, -0.2) is 9.78 Å². The van der Waals surface area contributed by atoms with Gasteiger partial charge in [-0.25, -0.2) is 9.07 Å². The summed E-state index contributed by atoms with van der Waals surface area (Å²) in [6.07, 6.45) is -3.23. The van der Waals surface area contributed by atoms with Gasteiger partial charge in [0.1, 0.15) is 5.82 Å². The fourth-order valence-corrected chi connectivity index (χ4v) is 1.54. The van der Waals surface area contributed by atoms with Crippen molar-refractivity contribution in [3.05, 3.63) is 47.5 Å². The highest BCUT2D eigenvalue weighted by molar-refractivity contribution is 5.43. The Labute approximate surface area is 94.5 Å². The van der Waals surface area contributed by atoms with E-state index >= 15 is 0 Å². The van der Waals surface area contributed by atoms with Crippen molar-refractivity contribution in [2.24, 2.45) is 0 Å². The zero-order valence-electron chi connectivity index (χ0n) is 8.79. The summed E-state index contributed by atoms with van der Waals surface area (Å²) in [5, 5.41) is 3.78. The molecule has 0 aliphatic carbocycles. The van der Waals surface area contributed by atoms with E-state index in [0.717, 1.165) is 16.8 Å². The third-order valence-electron chi connectivity index (χ3n) is 2.32. The molecule has 0 aliphatic rings. The van der Waals surface area contributed by atoms with E-state index in [1.54, 1.807) is 13.0 Å². The van der Waals surface area contributed by atoms with Crippen molar-refractivity contribution >= 4 is 0 Å². The second-order valence-electron chi connectivity index (χ2n) is 3.54. The van der Waals surface area contributed by atoms with Gasteiger partial charge in [-0.05, 0) is 31.2 Å². The smallest absolute Gasteiger partial charge is 0.237 e. The summed E-state index contributed by atoms with van der Waals surface area (Å²) in [5.74, 6) is -0.925. The monoisotopic (exact) mass is 244 g/mol. The molecule has 0 saturated carbocycles. The van der Waals surface area contributed by atoms with E-state index in [2.05, 4.69) is 5.10 Å². The molecule has 0 saturated heterocycles. The molecular weight excluding hydrogens is 236 g/mol. The summed E-state index contributed by atoms with van der Waals surface area (Å²) in [6, 6.07) is 4.09. The summed E-state index contributed by atoms with van der Waals surface area (Å²) >= 11 is 0. The van der Waals surface area contributed by atoms with Crippen LogP contribution < -0.4 is 0 Å². The van der Waals surface area contributed by atoms with Crippen LogP contribution in [0, 0.1) is 12.7 Å². The highest BCUT2D eigenvalue weighted by Gasteiger charge is 2.34. The number of rotatable bonds is 1. The lowest BCUT2D eigenvalue weighted by atomic mass is 10.1. The van der Waals surface area contributed by atoms with Gasteiger partial charge in [0, 0.05) is 11.9 Å². The number of halogens is 4. The van der Waals surface area contributed by atoms with E-state index in [0.29, 0.717) is 11.8 Å². The summed E-state index contributed by atoms with van der Waals surface area (Å²) in [5.41, 5.74) is -0.673. The Hall–Kier alpha value is -1.85. The van der Waals surface area contributed by atoms with Crippen molar-refractivity contribution in [2.75, 3.05) is 0 Å². The highest BCUT2D eigenvalue weighted by Crippen LogP contribution is 2.34. The highest BCUT2D eigenvalue weighted by atomic mass is 19.4. The number of hydrogen-bond acceptors (Lipinski definition) is 1. The van der Waals surface area contributed by atoms with Gasteiger partial charge in [-0.15, -0.1) is 0 Å². The number of aryl methyl sites for hydroxylation is 1. The number of alkyl halides is 3. The van der Waals surface area contributed by atoms with Crippen LogP contribution in [0.1, 0.15) is 11.3 Å². The molecule has 1 heterocycles. The Morgan fingerprint density at radius 3 is 2.41 bits per heavy atom. The summed E-state index contributed by atoms with van der Waals surface area (Å²) in [7, 11) is 0. The average Bonchev–Trinajstić information content (AvgIpc) is 2.63. The molecule has 0 bridgehead atoms. The van der Waals surface area contributed by atoms with E-state index < -0.39 is 17.6 Å². The van der Waals surface area contributed by atoms with Crippen LogP contribution in [0.4, 0.5) is 17.6 Å². The summed E-state index contributed by atoms with van der Waals surface area (Å²) in [4.78, 5) is 0. The SMILES string of the molecule is Cc1ccnn1-c1ccc(F)cc1C(F)(F)F. The predicted octanol–water partition coefficient (Wildman–Crippen LogP) is 3.34. The minimum absolute atomic E-state index is 0.179. The molecule has 0 radical (unpaired) electrons. The van der Waals surface area contributed by atoms with Gasteiger partial charge in [0.25, 0.3) is 0 Å². The first-order valence-electron chi connectivity index (χ1n) is 4.77. The molecule has 1 aromatic carbocycles. The lowest BCUT2D eigenvalue weighted by Crippen LogP contribution is -2.12. The first-order chi connectivity index (χ1) is 7.89. The maximum absolute atomic E-state index is 12.9. The number of nitrogens with zero attached hydrogens (tertiary/aromatic N) is 2. The van der Waals surface area contributed by atoms with Crippen LogP contribution in [0.5, 0.6) is 0 Å². The van der Waals surface area contributed by atoms with Crippen LogP contribution in [0.25, 0.3) is 5.69 Å². The van der Waals surface area contributed by atoms with E-state index in [1.165, 1.54) is 6.20 Å². The van der Waals surface area contributed by atoms with Crippen molar-refractivity contribution in [2.45, 2.75) is 13.1 Å². The Balaban J connectivity index is 2.67. The van der Waals surface area contributed by atoms with Crippen molar-refractivity contribution in [3.63, 3.8) is 0 Å². The second-order valence-corrected chi connectivity index (χ2v) is 3.54. The zero-order valence-corrected chi connectivity index (χ0v) is 8.79. The quantitative estimate of drug-likeness (QED) is 0.703. The summed E-state index contributed by atoms with van der Waals surface area (Å²) in [6.45, 7) is 1.62. The molecule has 1 aromatic heterocycles. The van der Waals surface area contributed by atoms with Crippen LogP contribution in [0.2, 0.25) is 0 Å². The first-order valence-corrected chi connectivity index (χ1v) is 4.77. The Morgan fingerprint density at radius 1 is 1.18 bits per heavy atom. The van der Waals surface area contributed by atoms with Crippen molar-refractivity contribution < 1.29 is 17.6 Å². The lowest BCUT2D eigenvalue weighted by Gasteiger charge is -2.13.